The Bertz CT molecular complexity index is 959. The number of rotatable bonds is 4. The van der Waals surface area contributed by atoms with Crippen molar-refractivity contribution < 1.29 is 9.59 Å². The predicted molar refractivity (Wildman–Crippen MR) is 118 cm³/mol. The molecule has 1 fully saturated rings. The van der Waals surface area contributed by atoms with Crippen molar-refractivity contribution in [2.24, 2.45) is 4.99 Å². The number of aliphatic imine (C=N–C) groups is 1. The summed E-state index contributed by atoms with van der Waals surface area (Å²) in [6.45, 7) is 3.18. The molecule has 1 spiro atoms. The molecule has 7 nitrogen and oxygen atoms in total. The Morgan fingerprint density at radius 3 is 2.60 bits per heavy atom. The van der Waals surface area contributed by atoms with Gasteiger partial charge in [0.15, 0.2) is 0 Å². The van der Waals surface area contributed by atoms with Crippen LogP contribution in [0, 0.1) is 0 Å². The SMILES string of the molecule is CC(=O)NCC(=O)N1CCC[C@@]2(C1)Nc1ccccc1NC2=NCc1ccccc1. The fourth-order valence-electron chi connectivity index (χ4n) is 4.09. The normalized spacial score (nSPS) is 21.5. The second-order valence-corrected chi connectivity index (χ2v) is 7.86. The van der Waals surface area contributed by atoms with E-state index >= 15 is 0 Å². The molecule has 1 saturated heterocycles. The van der Waals surface area contributed by atoms with Crippen LogP contribution in [0.1, 0.15) is 25.3 Å². The molecular formula is C23H27N5O2. The Hall–Kier alpha value is -3.35. The lowest BCUT2D eigenvalue weighted by Gasteiger charge is -2.47. The van der Waals surface area contributed by atoms with Crippen LogP contribution in [0.15, 0.2) is 59.6 Å². The lowest BCUT2D eigenvalue weighted by molar-refractivity contribution is -0.133. The summed E-state index contributed by atoms with van der Waals surface area (Å²) in [4.78, 5) is 30.6. The van der Waals surface area contributed by atoms with Crippen LogP contribution < -0.4 is 16.0 Å². The zero-order valence-corrected chi connectivity index (χ0v) is 17.1. The number of hydrogen-bond acceptors (Lipinski definition) is 4. The third kappa shape index (κ3) is 4.30. The fraction of sp³-hybridized carbons (Fsp3) is 0.348. The molecule has 0 bridgehead atoms. The summed E-state index contributed by atoms with van der Waals surface area (Å²) in [5.74, 6) is 0.570. The van der Waals surface area contributed by atoms with Crippen molar-refractivity contribution in [1.82, 2.24) is 10.2 Å². The number of amidine groups is 1. The minimum Gasteiger partial charge on any atom is -0.370 e. The number of nitrogens with zero attached hydrogens (tertiary/aromatic N) is 2. The molecule has 156 valence electrons. The number of carbonyl (C=O) groups excluding carboxylic acids is 2. The van der Waals surface area contributed by atoms with Crippen LogP contribution in [0.5, 0.6) is 0 Å². The summed E-state index contributed by atoms with van der Waals surface area (Å²) in [7, 11) is 0. The Morgan fingerprint density at radius 2 is 1.83 bits per heavy atom. The van der Waals surface area contributed by atoms with Gasteiger partial charge in [0.25, 0.3) is 0 Å². The molecule has 4 rings (SSSR count). The molecule has 7 heteroatoms. The molecule has 0 saturated carbocycles. The van der Waals surface area contributed by atoms with Crippen LogP contribution in [0.25, 0.3) is 0 Å². The lowest BCUT2D eigenvalue weighted by atomic mass is 9.85. The summed E-state index contributed by atoms with van der Waals surface area (Å²) in [6, 6.07) is 18.2. The maximum atomic E-state index is 12.7. The van der Waals surface area contributed by atoms with Gasteiger partial charge in [-0.3, -0.25) is 14.6 Å². The van der Waals surface area contributed by atoms with Gasteiger partial charge >= 0.3 is 0 Å². The summed E-state index contributed by atoms with van der Waals surface area (Å²) in [5.41, 5.74) is 2.65. The number of likely N-dealkylation sites (tertiary alicyclic amines) is 1. The average molecular weight is 406 g/mol. The van der Waals surface area contributed by atoms with Gasteiger partial charge in [-0.2, -0.15) is 0 Å². The number of piperidine rings is 1. The van der Waals surface area contributed by atoms with Crippen LogP contribution in [-0.4, -0.2) is 47.7 Å². The van der Waals surface area contributed by atoms with Crippen molar-refractivity contribution in [1.29, 1.82) is 0 Å². The minimum atomic E-state index is -0.479. The highest BCUT2D eigenvalue weighted by Gasteiger charge is 2.44. The molecule has 2 heterocycles. The van der Waals surface area contributed by atoms with Gasteiger partial charge in [-0.05, 0) is 30.5 Å². The van der Waals surface area contributed by atoms with E-state index in [-0.39, 0.29) is 18.4 Å². The number of amides is 2. The van der Waals surface area contributed by atoms with Crippen LogP contribution >= 0.6 is 0 Å². The lowest BCUT2D eigenvalue weighted by Crippen LogP contribution is -2.63. The highest BCUT2D eigenvalue weighted by atomic mass is 16.2. The topological polar surface area (TPSA) is 85.8 Å². The quantitative estimate of drug-likeness (QED) is 0.730. The maximum Gasteiger partial charge on any atom is 0.242 e. The third-order valence-corrected chi connectivity index (χ3v) is 5.60. The standard InChI is InChI=1S/C23H27N5O2/c1-17(29)24-15-21(30)28-13-7-12-23(16-28)22(25-14-18-8-3-2-4-9-18)26-19-10-5-6-11-20(19)27-23/h2-6,8-11,27H,7,12-16H2,1H3,(H,24,29)(H,25,26)/t23-/m0/s1. The number of anilines is 2. The average Bonchev–Trinajstić information content (AvgIpc) is 2.76. The number of benzene rings is 2. The number of hydrogen-bond donors (Lipinski definition) is 3. The fourth-order valence-corrected chi connectivity index (χ4v) is 4.09. The minimum absolute atomic E-state index is 0.0198. The first-order valence-electron chi connectivity index (χ1n) is 10.3. The predicted octanol–water partition coefficient (Wildman–Crippen LogP) is 2.62. The molecule has 2 aromatic carbocycles. The Balaban J connectivity index is 1.61. The summed E-state index contributed by atoms with van der Waals surface area (Å²) in [6.07, 6.45) is 1.72. The molecule has 0 aliphatic carbocycles. The van der Waals surface area contributed by atoms with Gasteiger partial charge in [0.2, 0.25) is 11.8 Å². The maximum absolute atomic E-state index is 12.7. The zero-order chi connectivity index (χ0) is 21.0. The van der Waals surface area contributed by atoms with Crippen LogP contribution in [0.3, 0.4) is 0 Å². The Morgan fingerprint density at radius 1 is 1.10 bits per heavy atom. The molecule has 0 radical (unpaired) electrons. The molecule has 30 heavy (non-hydrogen) atoms. The molecule has 2 amide bonds. The number of para-hydroxylation sites is 2. The molecular weight excluding hydrogens is 378 g/mol. The summed E-state index contributed by atoms with van der Waals surface area (Å²) < 4.78 is 0. The van der Waals surface area contributed by atoms with E-state index in [2.05, 4.69) is 28.1 Å². The van der Waals surface area contributed by atoms with Gasteiger partial charge in [0, 0.05) is 13.5 Å². The van der Waals surface area contributed by atoms with Crippen molar-refractivity contribution >= 4 is 29.0 Å². The molecule has 3 N–H and O–H groups in total. The first-order valence-corrected chi connectivity index (χ1v) is 10.3. The highest BCUT2D eigenvalue weighted by Crippen LogP contribution is 2.36. The molecule has 0 aromatic heterocycles. The van der Waals surface area contributed by atoms with Gasteiger partial charge < -0.3 is 20.9 Å². The number of carbonyl (C=O) groups is 2. The monoisotopic (exact) mass is 405 g/mol. The summed E-state index contributed by atoms with van der Waals surface area (Å²) >= 11 is 0. The highest BCUT2D eigenvalue weighted by molar-refractivity contribution is 6.10. The van der Waals surface area contributed by atoms with Gasteiger partial charge in [-0.15, -0.1) is 0 Å². The molecule has 2 aliphatic rings. The molecule has 1 atom stereocenters. The number of nitrogens with one attached hydrogen (secondary N) is 3. The first kappa shape index (κ1) is 19.9. The van der Waals surface area contributed by atoms with E-state index in [1.54, 1.807) is 0 Å². The molecule has 2 aromatic rings. The Labute approximate surface area is 176 Å². The zero-order valence-electron chi connectivity index (χ0n) is 17.1. The second-order valence-electron chi connectivity index (χ2n) is 7.86. The molecule has 0 unspecified atom stereocenters. The Kier molecular flexibility index (Phi) is 5.70. The smallest absolute Gasteiger partial charge is 0.242 e. The van der Waals surface area contributed by atoms with Gasteiger partial charge in [-0.25, -0.2) is 0 Å². The van der Waals surface area contributed by atoms with Crippen LogP contribution in [0.2, 0.25) is 0 Å². The van der Waals surface area contributed by atoms with Crippen molar-refractivity contribution in [2.45, 2.75) is 31.8 Å². The van der Waals surface area contributed by atoms with E-state index in [9.17, 15) is 9.59 Å². The number of fused-ring (bicyclic) bond motifs is 1. The van der Waals surface area contributed by atoms with Crippen molar-refractivity contribution in [3.63, 3.8) is 0 Å². The van der Waals surface area contributed by atoms with E-state index in [1.165, 1.54) is 6.92 Å². The third-order valence-electron chi connectivity index (χ3n) is 5.60. The first-order chi connectivity index (χ1) is 14.6. The van der Waals surface area contributed by atoms with E-state index in [1.807, 2.05) is 47.4 Å². The van der Waals surface area contributed by atoms with E-state index in [4.69, 9.17) is 4.99 Å². The van der Waals surface area contributed by atoms with Gasteiger partial charge in [0.05, 0.1) is 31.0 Å². The van der Waals surface area contributed by atoms with E-state index in [0.717, 1.165) is 35.6 Å². The van der Waals surface area contributed by atoms with Crippen molar-refractivity contribution in [3.05, 3.63) is 60.2 Å². The second kappa shape index (κ2) is 8.57. The van der Waals surface area contributed by atoms with Gasteiger partial charge in [-0.1, -0.05) is 42.5 Å². The van der Waals surface area contributed by atoms with Crippen molar-refractivity contribution in [3.8, 4) is 0 Å². The van der Waals surface area contributed by atoms with Crippen LogP contribution in [-0.2, 0) is 16.1 Å². The molecule has 2 aliphatic heterocycles. The largest absolute Gasteiger partial charge is 0.370 e. The van der Waals surface area contributed by atoms with E-state index < -0.39 is 5.54 Å². The van der Waals surface area contributed by atoms with E-state index in [0.29, 0.717) is 19.6 Å². The van der Waals surface area contributed by atoms with Crippen LogP contribution in [0.4, 0.5) is 11.4 Å². The van der Waals surface area contributed by atoms with Gasteiger partial charge in [0.1, 0.15) is 11.4 Å². The van der Waals surface area contributed by atoms with Crippen molar-refractivity contribution in [2.75, 3.05) is 30.3 Å². The summed E-state index contributed by atoms with van der Waals surface area (Å²) in [5, 5.41) is 9.80.